The molecular weight excluding hydrogens is 164 g/mol. The van der Waals surface area contributed by atoms with Crippen LogP contribution in [0.4, 0.5) is 0 Å². The summed E-state index contributed by atoms with van der Waals surface area (Å²) in [5, 5.41) is 0. The third kappa shape index (κ3) is 1.16. The minimum atomic E-state index is -0.317. The molecule has 0 unspecified atom stereocenters. The van der Waals surface area contributed by atoms with Gasteiger partial charge in [-0.3, -0.25) is 9.59 Å². The Balaban J connectivity index is 2.35. The fraction of sp³-hybridized carbons (Fsp3) is 0.636. The average Bonchev–Trinajstić information content (AvgIpc) is 2.41. The van der Waals surface area contributed by atoms with Gasteiger partial charge in [-0.25, -0.2) is 0 Å². The molecule has 2 aliphatic carbocycles. The Labute approximate surface area is 78.0 Å². The fourth-order valence-electron chi connectivity index (χ4n) is 2.36. The smallest absolute Gasteiger partial charge is 0.170 e. The van der Waals surface area contributed by atoms with Crippen molar-refractivity contribution < 1.29 is 9.59 Å². The van der Waals surface area contributed by atoms with Crippen LogP contribution in [0.15, 0.2) is 11.1 Å². The van der Waals surface area contributed by atoms with E-state index in [2.05, 4.69) is 0 Å². The number of allylic oxidation sites excluding steroid dienone is 2. The zero-order chi connectivity index (χ0) is 9.42. The molecule has 0 amide bonds. The average molecular weight is 178 g/mol. The molecule has 13 heavy (non-hydrogen) atoms. The van der Waals surface area contributed by atoms with E-state index in [1.165, 1.54) is 0 Å². The summed E-state index contributed by atoms with van der Waals surface area (Å²) in [4.78, 5) is 23.4. The van der Waals surface area contributed by atoms with Crippen LogP contribution in [0.2, 0.25) is 0 Å². The van der Waals surface area contributed by atoms with Crippen molar-refractivity contribution in [3.8, 4) is 0 Å². The van der Waals surface area contributed by atoms with Crippen LogP contribution in [0.1, 0.15) is 39.0 Å². The minimum Gasteiger partial charge on any atom is -0.294 e. The summed E-state index contributed by atoms with van der Waals surface area (Å²) in [6, 6.07) is 0. The molecule has 0 radical (unpaired) electrons. The zero-order valence-corrected chi connectivity index (χ0v) is 7.93. The van der Waals surface area contributed by atoms with Gasteiger partial charge in [0.2, 0.25) is 0 Å². The maximum absolute atomic E-state index is 11.7. The predicted molar refractivity (Wildman–Crippen MR) is 49.3 cm³/mol. The lowest BCUT2D eigenvalue weighted by Gasteiger charge is -2.10. The molecule has 0 aliphatic heterocycles. The maximum Gasteiger partial charge on any atom is 0.170 e. The summed E-state index contributed by atoms with van der Waals surface area (Å²) in [7, 11) is 0. The van der Waals surface area contributed by atoms with Gasteiger partial charge in [0, 0.05) is 11.1 Å². The summed E-state index contributed by atoms with van der Waals surface area (Å²) >= 11 is 0. The van der Waals surface area contributed by atoms with E-state index in [4.69, 9.17) is 0 Å². The Morgan fingerprint density at radius 2 is 1.54 bits per heavy atom. The van der Waals surface area contributed by atoms with E-state index in [0.717, 1.165) is 36.8 Å². The van der Waals surface area contributed by atoms with Crippen LogP contribution >= 0.6 is 0 Å². The normalized spacial score (nSPS) is 24.1. The number of hydrogen-bond acceptors (Lipinski definition) is 2. The van der Waals surface area contributed by atoms with Gasteiger partial charge in [0.1, 0.15) is 0 Å². The van der Waals surface area contributed by atoms with Crippen LogP contribution in [-0.4, -0.2) is 11.6 Å². The van der Waals surface area contributed by atoms with E-state index in [0.29, 0.717) is 6.42 Å². The van der Waals surface area contributed by atoms with Crippen LogP contribution in [0.5, 0.6) is 0 Å². The molecule has 0 aromatic heterocycles. The van der Waals surface area contributed by atoms with Crippen molar-refractivity contribution in [2.24, 2.45) is 5.92 Å². The van der Waals surface area contributed by atoms with E-state index in [9.17, 15) is 9.59 Å². The number of ketones is 2. The fourth-order valence-corrected chi connectivity index (χ4v) is 2.36. The second-order valence-corrected chi connectivity index (χ2v) is 3.85. The number of carbonyl (C=O) groups excluding carboxylic acids is 2. The lowest BCUT2D eigenvalue weighted by molar-refractivity contribution is -0.126. The number of Topliss-reactive ketones (excluding diaryl/α,β-unsaturated/α-hetero) is 2. The van der Waals surface area contributed by atoms with Crippen molar-refractivity contribution in [2.75, 3.05) is 0 Å². The van der Waals surface area contributed by atoms with Gasteiger partial charge < -0.3 is 0 Å². The number of carbonyl (C=O) groups is 2. The Kier molecular flexibility index (Phi) is 2.06. The lowest BCUT2D eigenvalue weighted by atomic mass is 9.93. The molecule has 0 aromatic carbocycles. The van der Waals surface area contributed by atoms with Crippen molar-refractivity contribution in [3.05, 3.63) is 11.1 Å². The molecule has 2 heteroatoms. The van der Waals surface area contributed by atoms with Crippen molar-refractivity contribution in [1.82, 2.24) is 0 Å². The second kappa shape index (κ2) is 3.09. The maximum atomic E-state index is 11.7. The molecule has 0 N–H and O–H groups in total. The molecule has 0 fully saturated rings. The van der Waals surface area contributed by atoms with Crippen LogP contribution in [-0.2, 0) is 9.59 Å². The first-order valence-electron chi connectivity index (χ1n) is 5.06. The summed E-state index contributed by atoms with van der Waals surface area (Å²) < 4.78 is 0. The number of hydrogen-bond donors (Lipinski definition) is 0. The highest BCUT2D eigenvalue weighted by atomic mass is 16.2. The first kappa shape index (κ1) is 8.67. The van der Waals surface area contributed by atoms with Gasteiger partial charge in [0.25, 0.3) is 0 Å². The second-order valence-electron chi connectivity index (χ2n) is 3.85. The van der Waals surface area contributed by atoms with Gasteiger partial charge in [0.05, 0.1) is 5.92 Å². The SMILES string of the molecule is CCC1C(=O)C2=C(CCCC2)C1=O. The molecular formula is C11H14O2. The molecule has 0 heterocycles. The van der Waals surface area contributed by atoms with E-state index in [-0.39, 0.29) is 17.5 Å². The van der Waals surface area contributed by atoms with E-state index in [1.807, 2.05) is 6.92 Å². The minimum absolute atomic E-state index is 0.127. The Morgan fingerprint density at radius 3 is 1.92 bits per heavy atom. The van der Waals surface area contributed by atoms with Gasteiger partial charge >= 0.3 is 0 Å². The van der Waals surface area contributed by atoms with Crippen molar-refractivity contribution in [3.63, 3.8) is 0 Å². The molecule has 2 rings (SSSR count). The summed E-state index contributed by atoms with van der Waals surface area (Å²) in [6.45, 7) is 1.92. The third-order valence-electron chi connectivity index (χ3n) is 3.10. The van der Waals surface area contributed by atoms with Crippen molar-refractivity contribution in [2.45, 2.75) is 39.0 Å². The number of rotatable bonds is 1. The molecule has 0 aromatic rings. The van der Waals surface area contributed by atoms with Gasteiger partial charge in [-0.1, -0.05) is 6.92 Å². The molecule has 0 spiro atoms. The molecule has 0 saturated carbocycles. The van der Waals surface area contributed by atoms with Gasteiger partial charge in [0.15, 0.2) is 11.6 Å². The molecule has 0 atom stereocenters. The van der Waals surface area contributed by atoms with E-state index >= 15 is 0 Å². The Morgan fingerprint density at radius 1 is 1.08 bits per heavy atom. The molecule has 0 bridgehead atoms. The molecule has 2 nitrogen and oxygen atoms in total. The summed E-state index contributed by atoms with van der Waals surface area (Å²) in [5.41, 5.74) is 1.73. The van der Waals surface area contributed by atoms with Crippen LogP contribution in [0, 0.1) is 5.92 Å². The molecule has 0 saturated heterocycles. The predicted octanol–water partition coefficient (Wildman–Crippen LogP) is 2.04. The highest BCUT2D eigenvalue weighted by Crippen LogP contribution is 2.36. The van der Waals surface area contributed by atoms with Gasteiger partial charge in [-0.2, -0.15) is 0 Å². The highest BCUT2D eigenvalue weighted by Gasteiger charge is 2.39. The Hall–Kier alpha value is -0.920. The van der Waals surface area contributed by atoms with E-state index in [1.54, 1.807) is 0 Å². The first-order chi connectivity index (χ1) is 6.25. The van der Waals surface area contributed by atoms with Crippen LogP contribution in [0.3, 0.4) is 0 Å². The highest BCUT2D eigenvalue weighted by molar-refractivity contribution is 6.24. The van der Waals surface area contributed by atoms with Crippen molar-refractivity contribution >= 4 is 11.6 Å². The monoisotopic (exact) mass is 178 g/mol. The lowest BCUT2D eigenvalue weighted by Crippen LogP contribution is -2.16. The standard InChI is InChI=1S/C11H14O2/c1-2-7-10(12)8-5-3-4-6-9(8)11(7)13/h7H,2-6H2,1H3. The summed E-state index contributed by atoms with van der Waals surface area (Å²) in [5.74, 6) is -0.0625. The quantitative estimate of drug-likeness (QED) is 0.576. The van der Waals surface area contributed by atoms with Gasteiger partial charge in [-0.05, 0) is 32.1 Å². The van der Waals surface area contributed by atoms with E-state index < -0.39 is 0 Å². The molecule has 70 valence electrons. The topological polar surface area (TPSA) is 34.1 Å². The molecule has 2 aliphatic rings. The van der Waals surface area contributed by atoms with Crippen molar-refractivity contribution in [1.29, 1.82) is 0 Å². The van der Waals surface area contributed by atoms with Crippen LogP contribution < -0.4 is 0 Å². The van der Waals surface area contributed by atoms with Gasteiger partial charge in [-0.15, -0.1) is 0 Å². The summed E-state index contributed by atoms with van der Waals surface area (Å²) in [6.07, 6.45) is 4.51. The Bertz CT molecular complexity index is 271. The zero-order valence-electron chi connectivity index (χ0n) is 7.93. The van der Waals surface area contributed by atoms with Crippen LogP contribution in [0.25, 0.3) is 0 Å². The first-order valence-corrected chi connectivity index (χ1v) is 5.06. The third-order valence-corrected chi connectivity index (χ3v) is 3.10. The largest absolute Gasteiger partial charge is 0.294 e.